The zero-order chi connectivity index (χ0) is 22.1. The van der Waals surface area contributed by atoms with Gasteiger partial charge in [0, 0.05) is 23.0 Å². The van der Waals surface area contributed by atoms with Crippen molar-refractivity contribution in [2.45, 2.75) is 62.3 Å². The Morgan fingerprint density at radius 3 is 2.50 bits per heavy atom. The molecule has 1 aliphatic carbocycles. The molecule has 3 N–H and O–H groups in total. The topological polar surface area (TPSA) is 100 Å². The number of halogens is 2. The summed E-state index contributed by atoms with van der Waals surface area (Å²) in [4.78, 5) is 16.4. The van der Waals surface area contributed by atoms with E-state index in [1.54, 1.807) is 5.38 Å². The molecular weight excluding hydrogens is 491 g/mol. The molecular formula is C21H30Cl2N4O3S2. The van der Waals surface area contributed by atoms with Crippen LogP contribution in [-0.4, -0.2) is 38.4 Å². The molecule has 11 heteroatoms. The first-order valence-electron chi connectivity index (χ1n) is 10.7. The predicted molar refractivity (Wildman–Crippen MR) is 132 cm³/mol. The lowest BCUT2D eigenvalue weighted by atomic mass is 9.95. The minimum Gasteiger partial charge on any atom is -0.356 e. The predicted octanol–water partition coefficient (Wildman–Crippen LogP) is 4.38. The van der Waals surface area contributed by atoms with Crippen molar-refractivity contribution in [1.82, 2.24) is 15.6 Å². The zero-order valence-electron chi connectivity index (χ0n) is 17.8. The molecule has 7 nitrogen and oxygen atoms in total. The van der Waals surface area contributed by atoms with Crippen molar-refractivity contribution in [2.24, 2.45) is 0 Å². The molecule has 1 saturated carbocycles. The molecule has 1 aliphatic rings. The first kappa shape index (κ1) is 26.9. The van der Waals surface area contributed by atoms with Crippen LogP contribution in [0, 0.1) is 0 Å². The van der Waals surface area contributed by atoms with E-state index in [2.05, 4.69) is 20.3 Å². The summed E-state index contributed by atoms with van der Waals surface area (Å²) in [5.41, 5.74) is 0.537. The van der Waals surface area contributed by atoms with Crippen molar-refractivity contribution >= 4 is 56.4 Å². The standard InChI is InChI=1S/C21H29ClN4O3S2.ClH/c22-16-8-10-19(11-9-16)31(28,29)26-21-25-18(15-30-21)14-20(27)24-13-5-4-12-23-17-6-2-1-3-7-17;/h8-11,15,17,23H,1-7,12-14H2,(H,24,27)(H,25,26);1H. The summed E-state index contributed by atoms with van der Waals surface area (Å²) in [6, 6.07) is 6.55. The number of nitrogens with one attached hydrogen (secondary N) is 3. The van der Waals surface area contributed by atoms with Crippen LogP contribution in [0.5, 0.6) is 0 Å². The zero-order valence-corrected chi connectivity index (χ0v) is 21.0. The first-order chi connectivity index (χ1) is 14.9. The van der Waals surface area contributed by atoms with Crippen LogP contribution in [0.3, 0.4) is 0 Å². The number of benzene rings is 1. The molecule has 1 amide bonds. The Bertz CT molecular complexity index is 946. The maximum atomic E-state index is 12.4. The van der Waals surface area contributed by atoms with E-state index in [0.717, 1.165) is 30.7 Å². The van der Waals surface area contributed by atoms with Gasteiger partial charge in [0.1, 0.15) is 0 Å². The molecule has 2 aromatic rings. The number of aromatic nitrogens is 1. The quantitative estimate of drug-likeness (QED) is 0.381. The molecule has 0 atom stereocenters. The lowest BCUT2D eigenvalue weighted by Crippen LogP contribution is -2.32. The molecule has 0 saturated heterocycles. The SMILES string of the molecule is Cl.O=C(Cc1csc(NS(=O)(=O)c2ccc(Cl)cc2)n1)NCCCCNC1CCCCC1. The molecule has 0 unspecified atom stereocenters. The molecule has 1 aromatic carbocycles. The van der Waals surface area contributed by atoms with E-state index >= 15 is 0 Å². The van der Waals surface area contributed by atoms with Crippen molar-refractivity contribution in [3.63, 3.8) is 0 Å². The van der Waals surface area contributed by atoms with E-state index in [1.165, 1.54) is 56.4 Å². The van der Waals surface area contributed by atoms with Crippen LogP contribution < -0.4 is 15.4 Å². The van der Waals surface area contributed by atoms with Crippen molar-refractivity contribution < 1.29 is 13.2 Å². The molecule has 1 heterocycles. The lowest BCUT2D eigenvalue weighted by molar-refractivity contribution is -0.120. The van der Waals surface area contributed by atoms with Crippen LogP contribution >= 0.6 is 35.3 Å². The number of amides is 1. The molecule has 32 heavy (non-hydrogen) atoms. The molecule has 0 aliphatic heterocycles. The highest BCUT2D eigenvalue weighted by atomic mass is 35.5. The van der Waals surface area contributed by atoms with Crippen molar-refractivity contribution in [3.05, 3.63) is 40.4 Å². The lowest BCUT2D eigenvalue weighted by Gasteiger charge is -2.22. The summed E-state index contributed by atoms with van der Waals surface area (Å²) in [7, 11) is -3.74. The first-order valence-corrected chi connectivity index (χ1v) is 13.4. The van der Waals surface area contributed by atoms with Gasteiger partial charge in [-0.1, -0.05) is 30.9 Å². The molecule has 3 rings (SSSR count). The number of sulfonamides is 1. The minimum atomic E-state index is -3.74. The van der Waals surface area contributed by atoms with Gasteiger partial charge >= 0.3 is 0 Å². The third-order valence-corrected chi connectivity index (χ3v) is 7.75. The van der Waals surface area contributed by atoms with Gasteiger partial charge in [0.25, 0.3) is 10.0 Å². The largest absolute Gasteiger partial charge is 0.356 e. The molecule has 0 radical (unpaired) electrons. The maximum absolute atomic E-state index is 12.4. The molecule has 1 fully saturated rings. The minimum absolute atomic E-state index is 0. The highest BCUT2D eigenvalue weighted by Gasteiger charge is 2.17. The van der Waals surface area contributed by atoms with Gasteiger partial charge in [0.2, 0.25) is 5.91 Å². The van der Waals surface area contributed by atoms with Gasteiger partial charge in [-0.05, 0) is 56.5 Å². The second-order valence-corrected chi connectivity index (χ2v) is 10.7. The molecule has 0 spiro atoms. The van der Waals surface area contributed by atoms with Crippen LogP contribution in [0.1, 0.15) is 50.6 Å². The van der Waals surface area contributed by atoms with E-state index in [0.29, 0.717) is 23.3 Å². The van der Waals surface area contributed by atoms with Crippen LogP contribution in [0.15, 0.2) is 34.5 Å². The fourth-order valence-corrected chi connectivity index (χ4v) is 5.63. The Hall–Kier alpha value is -1.39. The number of rotatable bonds is 11. The van der Waals surface area contributed by atoms with Gasteiger partial charge in [-0.15, -0.1) is 23.7 Å². The normalized spacial score (nSPS) is 14.5. The Balaban J connectivity index is 0.00000363. The molecule has 1 aromatic heterocycles. The third kappa shape index (κ3) is 8.86. The molecule has 178 valence electrons. The Morgan fingerprint density at radius 1 is 1.09 bits per heavy atom. The van der Waals surface area contributed by atoms with Crippen LogP contribution in [0.25, 0.3) is 0 Å². The number of anilines is 1. The summed E-state index contributed by atoms with van der Waals surface area (Å²) in [5.74, 6) is -0.113. The van der Waals surface area contributed by atoms with Crippen molar-refractivity contribution in [1.29, 1.82) is 0 Å². The van der Waals surface area contributed by atoms with Crippen LogP contribution in [-0.2, 0) is 21.2 Å². The number of hydrogen-bond donors (Lipinski definition) is 3. The Labute approximate surface area is 205 Å². The second-order valence-electron chi connectivity index (χ2n) is 7.73. The van der Waals surface area contributed by atoms with Crippen LogP contribution in [0.4, 0.5) is 5.13 Å². The van der Waals surface area contributed by atoms with Gasteiger partial charge in [-0.3, -0.25) is 9.52 Å². The Morgan fingerprint density at radius 2 is 1.78 bits per heavy atom. The van der Waals surface area contributed by atoms with Crippen molar-refractivity contribution in [2.75, 3.05) is 17.8 Å². The number of unbranched alkanes of at least 4 members (excludes halogenated alkanes) is 1. The summed E-state index contributed by atoms with van der Waals surface area (Å²) < 4.78 is 27.2. The maximum Gasteiger partial charge on any atom is 0.263 e. The number of nitrogens with zero attached hydrogens (tertiary/aromatic N) is 1. The van der Waals surface area contributed by atoms with Gasteiger partial charge in [-0.25, -0.2) is 13.4 Å². The summed E-state index contributed by atoms with van der Waals surface area (Å²) in [5, 5.41) is 8.88. The van der Waals surface area contributed by atoms with Gasteiger partial charge in [0.05, 0.1) is 17.0 Å². The summed E-state index contributed by atoms with van der Waals surface area (Å²) >= 11 is 6.95. The second kappa shape index (κ2) is 13.3. The van der Waals surface area contributed by atoms with E-state index in [-0.39, 0.29) is 34.8 Å². The molecule has 0 bridgehead atoms. The summed E-state index contributed by atoms with van der Waals surface area (Å²) in [6.45, 7) is 1.62. The fourth-order valence-electron chi connectivity index (χ4n) is 3.54. The summed E-state index contributed by atoms with van der Waals surface area (Å²) in [6.07, 6.45) is 8.66. The van der Waals surface area contributed by atoms with E-state index < -0.39 is 10.0 Å². The average Bonchev–Trinajstić information content (AvgIpc) is 3.17. The van der Waals surface area contributed by atoms with E-state index in [4.69, 9.17) is 11.6 Å². The number of carbonyl (C=O) groups excluding carboxylic acids is 1. The van der Waals surface area contributed by atoms with Gasteiger partial charge in [-0.2, -0.15) is 0 Å². The van der Waals surface area contributed by atoms with E-state index in [9.17, 15) is 13.2 Å². The van der Waals surface area contributed by atoms with Gasteiger partial charge < -0.3 is 10.6 Å². The van der Waals surface area contributed by atoms with Gasteiger partial charge in [0.15, 0.2) is 5.13 Å². The number of carbonyl (C=O) groups is 1. The monoisotopic (exact) mass is 520 g/mol. The van der Waals surface area contributed by atoms with E-state index in [1.807, 2.05) is 0 Å². The fraction of sp³-hybridized carbons (Fsp3) is 0.524. The number of thiazole rings is 1. The number of hydrogen-bond acceptors (Lipinski definition) is 6. The van der Waals surface area contributed by atoms with Crippen LogP contribution in [0.2, 0.25) is 5.02 Å². The smallest absolute Gasteiger partial charge is 0.263 e. The highest BCUT2D eigenvalue weighted by Crippen LogP contribution is 2.21. The van der Waals surface area contributed by atoms with Crippen molar-refractivity contribution in [3.8, 4) is 0 Å². The Kier molecular flexibility index (Phi) is 11.2. The third-order valence-electron chi connectivity index (χ3n) is 5.20. The highest BCUT2D eigenvalue weighted by molar-refractivity contribution is 7.93. The average molecular weight is 522 g/mol.